The number of anilines is 1. The Kier molecular flexibility index (Phi) is 4.97. The van der Waals surface area contributed by atoms with Crippen molar-refractivity contribution < 1.29 is 13.9 Å². The molecule has 3 rings (SSSR count). The fourth-order valence-electron chi connectivity index (χ4n) is 2.32. The maximum Gasteiger partial charge on any atom is 0.336 e. The van der Waals surface area contributed by atoms with Crippen LogP contribution in [-0.2, 0) is 4.79 Å². The van der Waals surface area contributed by atoms with E-state index < -0.39 is 11.5 Å². The average Bonchev–Trinajstić information content (AvgIpc) is 2.56. The SMILES string of the molecule is Cc1cc(=O)oc2cc(OCC(=O)Nc3cc(Cl)ccc3Cl)ccc12. The molecule has 1 N–H and O–H groups in total. The Morgan fingerprint density at radius 1 is 1.16 bits per heavy atom. The lowest BCUT2D eigenvalue weighted by Crippen LogP contribution is -2.20. The predicted octanol–water partition coefficient (Wildman–Crippen LogP) is 4.43. The lowest BCUT2D eigenvalue weighted by molar-refractivity contribution is -0.118. The van der Waals surface area contributed by atoms with Gasteiger partial charge in [0.05, 0.1) is 10.7 Å². The van der Waals surface area contributed by atoms with Crippen LogP contribution >= 0.6 is 23.2 Å². The van der Waals surface area contributed by atoms with Gasteiger partial charge in [-0.25, -0.2) is 4.79 Å². The van der Waals surface area contributed by atoms with Crippen LogP contribution in [0.2, 0.25) is 10.0 Å². The minimum absolute atomic E-state index is 0.232. The van der Waals surface area contributed by atoms with Gasteiger partial charge in [0.1, 0.15) is 11.3 Å². The largest absolute Gasteiger partial charge is 0.484 e. The number of hydrogen-bond donors (Lipinski definition) is 1. The summed E-state index contributed by atoms with van der Waals surface area (Å²) < 4.78 is 10.6. The van der Waals surface area contributed by atoms with Crippen LogP contribution < -0.4 is 15.7 Å². The van der Waals surface area contributed by atoms with Gasteiger partial charge in [-0.1, -0.05) is 23.2 Å². The van der Waals surface area contributed by atoms with Crippen LogP contribution in [0.25, 0.3) is 11.0 Å². The summed E-state index contributed by atoms with van der Waals surface area (Å²) in [6.07, 6.45) is 0. The number of halogens is 2. The summed E-state index contributed by atoms with van der Waals surface area (Å²) in [4.78, 5) is 23.5. The van der Waals surface area contributed by atoms with Crippen LogP contribution in [0, 0.1) is 6.92 Å². The fraction of sp³-hybridized carbons (Fsp3) is 0.111. The number of benzene rings is 2. The molecule has 1 amide bonds. The summed E-state index contributed by atoms with van der Waals surface area (Å²) in [5.74, 6) is 0.0172. The molecule has 0 saturated carbocycles. The lowest BCUT2D eigenvalue weighted by atomic mass is 10.1. The smallest absolute Gasteiger partial charge is 0.336 e. The number of nitrogens with one attached hydrogen (secondary N) is 1. The van der Waals surface area contributed by atoms with Crippen LogP contribution in [0.5, 0.6) is 5.75 Å². The van der Waals surface area contributed by atoms with Gasteiger partial charge >= 0.3 is 5.63 Å². The van der Waals surface area contributed by atoms with Crippen molar-refractivity contribution in [3.05, 3.63) is 68.5 Å². The lowest BCUT2D eigenvalue weighted by Gasteiger charge is -2.10. The van der Waals surface area contributed by atoms with Crippen LogP contribution in [0.4, 0.5) is 5.69 Å². The second kappa shape index (κ2) is 7.17. The van der Waals surface area contributed by atoms with Gasteiger partial charge in [-0.3, -0.25) is 4.79 Å². The second-order valence-corrected chi connectivity index (χ2v) is 6.21. The van der Waals surface area contributed by atoms with Gasteiger partial charge in [-0.05, 0) is 42.8 Å². The summed E-state index contributed by atoms with van der Waals surface area (Å²) in [5.41, 5.74) is 1.19. The Hall–Kier alpha value is -2.50. The number of carbonyl (C=O) groups is 1. The average molecular weight is 378 g/mol. The van der Waals surface area contributed by atoms with Gasteiger partial charge in [0.25, 0.3) is 5.91 Å². The predicted molar refractivity (Wildman–Crippen MR) is 97.8 cm³/mol. The zero-order chi connectivity index (χ0) is 18.0. The first-order valence-corrected chi connectivity index (χ1v) is 8.10. The molecule has 7 heteroatoms. The van der Waals surface area contributed by atoms with Crippen molar-refractivity contribution in [2.75, 3.05) is 11.9 Å². The third-order valence-electron chi connectivity index (χ3n) is 3.50. The molecule has 0 radical (unpaired) electrons. The van der Waals surface area contributed by atoms with Crippen LogP contribution in [0.3, 0.4) is 0 Å². The molecule has 0 spiro atoms. The zero-order valence-electron chi connectivity index (χ0n) is 13.1. The molecule has 0 bridgehead atoms. The first kappa shape index (κ1) is 17.3. The van der Waals surface area contributed by atoms with E-state index in [1.54, 1.807) is 36.4 Å². The number of aryl methyl sites for hydroxylation is 1. The van der Waals surface area contributed by atoms with E-state index >= 15 is 0 Å². The van der Waals surface area contributed by atoms with Gasteiger partial charge in [-0.15, -0.1) is 0 Å². The quantitative estimate of drug-likeness (QED) is 0.683. The monoisotopic (exact) mass is 377 g/mol. The Bertz CT molecular complexity index is 1010. The van der Waals surface area contributed by atoms with Crippen molar-refractivity contribution >= 4 is 45.8 Å². The molecule has 0 atom stereocenters. The van der Waals surface area contributed by atoms with Crippen molar-refractivity contribution in [1.29, 1.82) is 0 Å². The van der Waals surface area contributed by atoms with Gasteiger partial charge in [0.2, 0.25) is 0 Å². The van der Waals surface area contributed by atoms with Crippen molar-refractivity contribution in [2.45, 2.75) is 6.92 Å². The highest BCUT2D eigenvalue weighted by atomic mass is 35.5. The number of hydrogen-bond acceptors (Lipinski definition) is 4. The molecule has 0 fully saturated rings. The molecule has 0 unspecified atom stereocenters. The van der Waals surface area contributed by atoms with E-state index in [0.717, 1.165) is 10.9 Å². The van der Waals surface area contributed by atoms with Gasteiger partial charge < -0.3 is 14.5 Å². The minimum atomic E-state index is -0.435. The maximum absolute atomic E-state index is 12.0. The molecule has 0 aliphatic heterocycles. The van der Waals surface area contributed by atoms with Crippen molar-refractivity contribution in [1.82, 2.24) is 0 Å². The number of ether oxygens (including phenoxy) is 1. The van der Waals surface area contributed by atoms with Crippen molar-refractivity contribution in [3.8, 4) is 5.75 Å². The summed E-state index contributed by atoms with van der Waals surface area (Å²) >= 11 is 11.9. The molecule has 128 valence electrons. The van der Waals surface area contributed by atoms with Crippen LogP contribution in [0.1, 0.15) is 5.56 Å². The highest BCUT2D eigenvalue weighted by Gasteiger charge is 2.09. The van der Waals surface area contributed by atoms with Crippen molar-refractivity contribution in [3.63, 3.8) is 0 Å². The molecular formula is C18H13Cl2NO4. The molecule has 0 saturated heterocycles. The number of carbonyl (C=O) groups excluding carboxylic acids is 1. The molecule has 0 aliphatic carbocycles. The second-order valence-electron chi connectivity index (χ2n) is 5.37. The van der Waals surface area contributed by atoms with E-state index in [9.17, 15) is 9.59 Å². The molecule has 1 heterocycles. The summed E-state index contributed by atoms with van der Waals surface area (Å²) in [5, 5.41) is 4.26. The normalized spacial score (nSPS) is 10.7. The minimum Gasteiger partial charge on any atom is -0.484 e. The number of fused-ring (bicyclic) bond motifs is 1. The Labute approximate surface area is 153 Å². The molecule has 3 aromatic rings. The molecule has 5 nitrogen and oxygen atoms in total. The summed E-state index contributed by atoms with van der Waals surface area (Å²) in [6, 6.07) is 11.2. The first-order chi connectivity index (χ1) is 11.9. The van der Waals surface area contributed by atoms with E-state index in [2.05, 4.69) is 5.32 Å². The van der Waals surface area contributed by atoms with E-state index in [4.69, 9.17) is 32.4 Å². The summed E-state index contributed by atoms with van der Waals surface area (Å²) in [7, 11) is 0. The van der Waals surface area contributed by atoms with Crippen molar-refractivity contribution in [2.24, 2.45) is 0 Å². The Balaban J connectivity index is 1.70. The van der Waals surface area contributed by atoms with Gasteiger partial charge in [-0.2, -0.15) is 0 Å². The van der Waals surface area contributed by atoms with E-state index in [-0.39, 0.29) is 6.61 Å². The van der Waals surface area contributed by atoms with Gasteiger partial charge in [0.15, 0.2) is 6.61 Å². The Morgan fingerprint density at radius 2 is 1.96 bits per heavy atom. The standard InChI is InChI=1S/C18H13Cl2NO4/c1-10-6-18(23)25-16-8-12(3-4-13(10)16)24-9-17(22)21-15-7-11(19)2-5-14(15)20/h2-8H,9H2,1H3,(H,21,22). The number of amides is 1. The van der Waals surface area contributed by atoms with Crippen LogP contribution in [-0.4, -0.2) is 12.5 Å². The van der Waals surface area contributed by atoms with E-state index in [0.29, 0.717) is 27.1 Å². The fourth-order valence-corrected chi connectivity index (χ4v) is 2.66. The molecule has 0 aliphatic rings. The summed E-state index contributed by atoms with van der Waals surface area (Å²) in [6.45, 7) is 1.59. The topological polar surface area (TPSA) is 68.5 Å². The van der Waals surface area contributed by atoms with Gasteiger partial charge in [0, 0.05) is 22.5 Å². The zero-order valence-corrected chi connectivity index (χ0v) is 14.6. The third-order valence-corrected chi connectivity index (χ3v) is 4.06. The third kappa shape index (κ3) is 4.13. The highest BCUT2D eigenvalue weighted by molar-refractivity contribution is 6.35. The van der Waals surface area contributed by atoms with E-state index in [1.165, 1.54) is 6.07 Å². The molecule has 1 aromatic heterocycles. The number of rotatable bonds is 4. The molecular weight excluding hydrogens is 365 g/mol. The maximum atomic E-state index is 12.0. The van der Waals surface area contributed by atoms with Crippen LogP contribution in [0.15, 0.2) is 51.7 Å². The molecule has 2 aromatic carbocycles. The first-order valence-electron chi connectivity index (χ1n) is 7.34. The molecule has 25 heavy (non-hydrogen) atoms. The highest BCUT2D eigenvalue weighted by Crippen LogP contribution is 2.25. The Morgan fingerprint density at radius 3 is 2.76 bits per heavy atom. The van der Waals surface area contributed by atoms with E-state index in [1.807, 2.05) is 6.92 Å².